The lowest BCUT2D eigenvalue weighted by Gasteiger charge is -2.36. The number of terminal acetylenes is 1. The van der Waals surface area contributed by atoms with Gasteiger partial charge in [-0.2, -0.15) is 0 Å². The first kappa shape index (κ1) is 46.1. The van der Waals surface area contributed by atoms with Crippen LogP contribution in [0.4, 0.5) is 9.59 Å². The van der Waals surface area contributed by atoms with E-state index in [0.29, 0.717) is 32.2 Å². The Kier molecular flexibility index (Phi) is 18.0. The molecule has 0 bridgehead atoms. The number of alkyl carbamates (subject to hydrolysis) is 1. The van der Waals surface area contributed by atoms with E-state index < -0.39 is 53.0 Å². The summed E-state index contributed by atoms with van der Waals surface area (Å²) < 4.78 is 5.44. The number of unbranched alkanes of at least 4 members (excludes halogenated alkanes) is 5. The van der Waals surface area contributed by atoms with E-state index in [4.69, 9.17) is 11.2 Å². The lowest BCUT2D eigenvalue weighted by Crippen LogP contribution is -2.61. The van der Waals surface area contributed by atoms with E-state index in [-0.39, 0.29) is 61.5 Å². The summed E-state index contributed by atoms with van der Waals surface area (Å²) in [6, 6.07) is -3.02. The zero-order chi connectivity index (χ0) is 40.7. The first-order valence-electron chi connectivity index (χ1n) is 19.7. The molecule has 2 aliphatic rings. The van der Waals surface area contributed by atoms with Crippen LogP contribution in [-0.4, -0.2) is 90.9 Å². The average Bonchev–Trinajstić information content (AvgIpc) is 3.40. The normalized spacial score (nSPS) is 20.6. The molecule has 13 heteroatoms. The van der Waals surface area contributed by atoms with Crippen LogP contribution in [0, 0.1) is 40.9 Å². The number of piperidine rings is 1. The van der Waals surface area contributed by atoms with Crippen molar-refractivity contribution in [3.05, 3.63) is 12.7 Å². The predicted octanol–water partition coefficient (Wildman–Crippen LogP) is 4.84. The number of rotatable bonds is 23. The second-order valence-electron chi connectivity index (χ2n) is 17.1. The van der Waals surface area contributed by atoms with Gasteiger partial charge in [0.25, 0.3) is 0 Å². The molecule has 5 N–H and O–H groups in total. The van der Waals surface area contributed by atoms with Crippen molar-refractivity contribution in [1.82, 2.24) is 31.5 Å². The van der Waals surface area contributed by atoms with Gasteiger partial charge >= 0.3 is 12.1 Å². The highest BCUT2D eigenvalue weighted by Gasteiger charge is 2.69. The summed E-state index contributed by atoms with van der Waals surface area (Å²) in [5.74, 6) is 1.22. The Morgan fingerprint density at radius 2 is 1.70 bits per heavy atom. The van der Waals surface area contributed by atoms with Gasteiger partial charge in [-0.1, -0.05) is 100.0 Å². The molecule has 0 aromatic rings. The maximum absolute atomic E-state index is 14.5. The third-order valence-corrected chi connectivity index (χ3v) is 10.8. The van der Waals surface area contributed by atoms with Crippen molar-refractivity contribution in [2.45, 2.75) is 143 Å². The highest BCUT2D eigenvalue weighted by molar-refractivity contribution is 5.95. The van der Waals surface area contributed by atoms with E-state index in [2.05, 4.69) is 59.9 Å². The van der Waals surface area contributed by atoms with Gasteiger partial charge in [0.1, 0.15) is 30.5 Å². The standard InChI is InChI=1S/C41H68N6O7/c1-11-14-16-17-18-19-20-30(44-37(52)45-31(39(6,7)8)26-54-38(53)43-24-28(4)5)36(51)47-25-29-33(40(29,9)10)34(47)35(50)46-41(27-48,21-15-12-2)23-32(49)42-22-13-3/h2,13,27-31,33-34H,3,11,14-26H2,1,4-10H3,(H,42,49)(H,43,53)(H,46,50)(H2,44,45,52)/t29-,30?,31?,33-,34-,41?/m0/s1. The SMILES string of the molecule is C#CCCC(C=O)(CC(=O)NCC=C)NC(=O)[C@@H]1[C@@H]2[C@H](CN1C(=O)C(CCCCCCCC)NC(=O)NC(COC(=O)NCC(C)C)C(C)(C)C)C2(C)C. The van der Waals surface area contributed by atoms with Crippen molar-refractivity contribution >= 4 is 36.1 Å². The molecule has 1 aliphatic carbocycles. The van der Waals surface area contributed by atoms with Crippen LogP contribution in [0.15, 0.2) is 12.7 Å². The average molecular weight is 757 g/mol. The molecule has 3 unspecified atom stereocenters. The zero-order valence-corrected chi connectivity index (χ0v) is 34.1. The Hall–Kier alpha value is -4.08. The summed E-state index contributed by atoms with van der Waals surface area (Å²) in [5, 5.41) is 14.0. The molecule has 54 heavy (non-hydrogen) atoms. The summed E-state index contributed by atoms with van der Waals surface area (Å²) in [7, 11) is 0. The number of hydrogen-bond donors (Lipinski definition) is 5. The molecule has 2 rings (SSSR count). The summed E-state index contributed by atoms with van der Waals surface area (Å²) in [6.07, 6.45) is 13.1. The minimum absolute atomic E-state index is 0.0391. The van der Waals surface area contributed by atoms with Gasteiger partial charge in [-0.25, -0.2) is 9.59 Å². The Morgan fingerprint density at radius 1 is 1.04 bits per heavy atom. The molecule has 2 fully saturated rings. The number of urea groups is 1. The Morgan fingerprint density at radius 3 is 2.30 bits per heavy atom. The molecule has 0 aromatic heterocycles. The number of fused-ring (bicyclic) bond motifs is 1. The van der Waals surface area contributed by atoms with Gasteiger partial charge in [0, 0.05) is 26.1 Å². The lowest BCUT2D eigenvalue weighted by molar-refractivity contribution is -0.143. The van der Waals surface area contributed by atoms with Crippen molar-refractivity contribution in [3.63, 3.8) is 0 Å². The molecule has 1 saturated carbocycles. The largest absolute Gasteiger partial charge is 0.447 e. The predicted molar refractivity (Wildman–Crippen MR) is 210 cm³/mol. The minimum Gasteiger partial charge on any atom is -0.447 e. The van der Waals surface area contributed by atoms with E-state index in [1.165, 1.54) is 11.0 Å². The number of nitrogens with zero attached hydrogens (tertiary/aromatic N) is 1. The molecule has 13 nitrogen and oxygen atoms in total. The van der Waals surface area contributed by atoms with Gasteiger partial charge in [0.05, 0.1) is 12.5 Å². The molecule has 6 atom stereocenters. The Balaban J connectivity index is 2.34. The van der Waals surface area contributed by atoms with Crippen LogP contribution < -0.4 is 26.6 Å². The maximum atomic E-state index is 14.5. The highest BCUT2D eigenvalue weighted by Crippen LogP contribution is 2.65. The first-order valence-corrected chi connectivity index (χ1v) is 19.7. The summed E-state index contributed by atoms with van der Waals surface area (Å²) in [6.45, 7) is 20.4. The van der Waals surface area contributed by atoms with Gasteiger partial charge in [0.2, 0.25) is 17.7 Å². The van der Waals surface area contributed by atoms with E-state index in [1.54, 1.807) is 0 Å². The van der Waals surface area contributed by atoms with E-state index in [1.807, 2.05) is 34.6 Å². The fraction of sp³-hybridized carbons (Fsp3) is 0.756. The fourth-order valence-electron chi connectivity index (χ4n) is 7.24. The van der Waals surface area contributed by atoms with Crippen LogP contribution in [0.3, 0.4) is 0 Å². The fourth-order valence-corrected chi connectivity index (χ4v) is 7.24. The molecule has 6 amide bonds. The number of amides is 6. The molecule has 1 saturated heterocycles. The van der Waals surface area contributed by atoms with Crippen LogP contribution in [0.25, 0.3) is 0 Å². The Bertz CT molecular complexity index is 1350. The van der Waals surface area contributed by atoms with Gasteiger partial charge < -0.3 is 41.0 Å². The second-order valence-corrected chi connectivity index (χ2v) is 17.1. The maximum Gasteiger partial charge on any atom is 0.407 e. The van der Waals surface area contributed by atoms with Crippen LogP contribution in [0.1, 0.15) is 120 Å². The van der Waals surface area contributed by atoms with Crippen LogP contribution in [-0.2, 0) is 23.9 Å². The van der Waals surface area contributed by atoms with Gasteiger partial charge in [-0.3, -0.25) is 14.4 Å². The van der Waals surface area contributed by atoms with Crippen molar-refractivity contribution in [2.75, 3.05) is 26.2 Å². The van der Waals surface area contributed by atoms with Crippen molar-refractivity contribution in [3.8, 4) is 12.3 Å². The van der Waals surface area contributed by atoms with E-state index in [9.17, 15) is 28.8 Å². The molecule has 304 valence electrons. The quantitative estimate of drug-likeness (QED) is 0.0429. The number of hydrogen-bond acceptors (Lipinski definition) is 7. The van der Waals surface area contributed by atoms with Crippen molar-refractivity contribution < 1.29 is 33.5 Å². The molecule has 0 radical (unpaired) electrons. The van der Waals surface area contributed by atoms with E-state index in [0.717, 1.165) is 32.1 Å². The number of carbonyl (C=O) groups excluding carboxylic acids is 6. The van der Waals surface area contributed by atoms with Crippen molar-refractivity contribution in [1.29, 1.82) is 0 Å². The summed E-state index contributed by atoms with van der Waals surface area (Å²) in [5.41, 5.74) is -2.30. The number of likely N-dealkylation sites (tertiary alicyclic amines) is 1. The molecule has 0 spiro atoms. The summed E-state index contributed by atoms with van der Waals surface area (Å²) in [4.78, 5) is 81.7. The van der Waals surface area contributed by atoms with E-state index >= 15 is 0 Å². The minimum atomic E-state index is -1.58. The molecular formula is C41H68N6O7. The van der Waals surface area contributed by atoms with Gasteiger partial charge in [-0.05, 0) is 41.4 Å². The highest BCUT2D eigenvalue weighted by atomic mass is 16.5. The second kappa shape index (κ2) is 21.1. The molecule has 1 aliphatic heterocycles. The smallest absolute Gasteiger partial charge is 0.407 e. The summed E-state index contributed by atoms with van der Waals surface area (Å²) >= 11 is 0. The van der Waals surface area contributed by atoms with Crippen LogP contribution in [0.2, 0.25) is 0 Å². The third kappa shape index (κ3) is 13.6. The Labute approximate surface area is 323 Å². The monoisotopic (exact) mass is 757 g/mol. The topological polar surface area (TPSA) is 175 Å². The lowest BCUT2D eigenvalue weighted by atomic mass is 9.87. The van der Waals surface area contributed by atoms with Crippen LogP contribution in [0.5, 0.6) is 0 Å². The molecule has 0 aromatic carbocycles. The molecule has 1 heterocycles. The zero-order valence-electron chi connectivity index (χ0n) is 34.1. The first-order chi connectivity index (χ1) is 25.4. The number of ether oxygens (including phenoxy) is 1. The number of carbonyl (C=O) groups is 6. The van der Waals surface area contributed by atoms with Crippen molar-refractivity contribution in [2.24, 2.45) is 28.6 Å². The number of aldehydes is 1. The number of nitrogens with one attached hydrogen (secondary N) is 5. The van der Waals surface area contributed by atoms with Gasteiger partial charge in [0.15, 0.2) is 0 Å². The van der Waals surface area contributed by atoms with Crippen LogP contribution >= 0.6 is 0 Å². The van der Waals surface area contributed by atoms with Gasteiger partial charge in [-0.15, -0.1) is 18.9 Å². The third-order valence-electron chi connectivity index (χ3n) is 10.8. The molecular weight excluding hydrogens is 688 g/mol.